The van der Waals surface area contributed by atoms with Crippen LogP contribution in [0.1, 0.15) is 34.0 Å². The Labute approximate surface area is 225 Å². The molecule has 2 aromatic carbocycles. The molecule has 1 amide bonds. The van der Waals surface area contributed by atoms with Crippen molar-refractivity contribution >= 4 is 28.3 Å². The minimum atomic E-state index is -4.13. The number of nitrogens with zero attached hydrogens (tertiary/aromatic N) is 3. The number of aryl methyl sites for hydroxylation is 2. The number of piperazine rings is 1. The van der Waals surface area contributed by atoms with Crippen molar-refractivity contribution in [2.24, 2.45) is 4.99 Å². The summed E-state index contributed by atoms with van der Waals surface area (Å²) in [4.78, 5) is 21.2. The number of sulfonamides is 1. The number of benzene rings is 2. The third-order valence-electron chi connectivity index (χ3n) is 6.40. The van der Waals surface area contributed by atoms with Crippen LogP contribution in [-0.2, 0) is 21.3 Å². The van der Waals surface area contributed by atoms with Gasteiger partial charge in [0.15, 0.2) is 4.91 Å². The van der Waals surface area contributed by atoms with Gasteiger partial charge in [0.1, 0.15) is 0 Å². The largest absolute Gasteiger partial charge is 0.480 e. The molecule has 0 aliphatic carbocycles. The van der Waals surface area contributed by atoms with Crippen molar-refractivity contribution in [2.45, 2.75) is 27.3 Å². The number of carbonyl (C=O) groups is 1. The van der Waals surface area contributed by atoms with Crippen molar-refractivity contribution < 1.29 is 17.9 Å². The molecule has 0 spiro atoms. The zero-order valence-corrected chi connectivity index (χ0v) is 23.6. The highest BCUT2D eigenvalue weighted by Crippen LogP contribution is 2.25. The fourth-order valence-electron chi connectivity index (χ4n) is 4.22. The van der Waals surface area contributed by atoms with E-state index in [-0.39, 0.29) is 16.7 Å². The Balaban J connectivity index is 1.81. The van der Waals surface area contributed by atoms with E-state index in [1.807, 2.05) is 50.2 Å². The predicted molar refractivity (Wildman–Crippen MR) is 152 cm³/mol. The molecule has 3 rings (SSSR count). The molecule has 204 valence electrons. The third-order valence-corrected chi connectivity index (χ3v) is 7.75. The quantitative estimate of drug-likeness (QED) is 0.272. The molecule has 38 heavy (non-hydrogen) atoms. The molecule has 10 heteroatoms. The van der Waals surface area contributed by atoms with Gasteiger partial charge in [-0.15, -0.1) is 0 Å². The summed E-state index contributed by atoms with van der Waals surface area (Å²) in [6.45, 7) is 13.4. The van der Waals surface area contributed by atoms with Crippen LogP contribution in [0.4, 0.5) is 5.69 Å². The summed E-state index contributed by atoms with van der Waals surface area (Å²) in [7, 11) is -0.705. The molecule has 0 saturated carbocycles. The molecule has 9 nitrogen and oxygen atoms in total. The number of para-hydroxylation sites is 1. The molecule has 0 aromatic heterocycles. The van der Waals surface area contributed by atoms with E-state index in [9.17, 15) is 13.2 Å². The van der Waals surface area contributed by atoms with Gasteiger partial charge < -0.3 is 15.0 Å². The number of anilines is 1. The lowest BCUT2D eigenvalue weighted by Crippen LogP contribution is -2.43. The second-order valence-corrected chi connectivity index (χ2v) is 11.1. The Bertz CT molecular complexity index is 1320. The SMILES string of the molecule is C=N/C(OC)=C(\C=C(/C)NC(=O)c1cccc(CN2CCN(C)CC2)c1)S(=O)(=O)Nc1c(C)cccc1C. The minimum Gasteiger partial charge on any atom is -0.480 e. The van der Waals surface area contributed by atoms with Gasteiger partial charge in [-0.05, 0) is 69.4 Å². The third kappa shape index (κ3) is 7.53. The van der Waals surface area contributed by atoms with Crippen LogP contribution in [-0.4, -0.2) is 71.2 Å². The first-order valence-corrected chi connectivity index (χ1v) is 13.9. The molecule has 0 radical (unpaired) electrons. The summed E-state index contributed by atoms with van der Waals surface area (Å²) >= 11 is 0. The first kappa shape index (κ1) is 29.1. The maximum Gasteiger partial charge on any atom is 0.267 e. The van der Waals surface area contributed by atoms with E-state index in [0.29, 0.717) is 16.9 Å². The number of methoxy groups -OCH3 is 1. The summed E-state index contributed by atoms with van der Waals surface area (Å²) in [6.07, 6.45) is 1.31. The standard InChI is InChI=1S/C28H37N5O4S/c1-20-9-7-10-21(2)26(20)31-38(35,36)25(28(29-4)37-6)17-22(3)30-27(34)24-12-8-11-23(18-24)19-33-15-13-32(5)14-16-33/h7-12,17-18,31H,4,13-16,19H2,1-3,5-6H3,(H,30,34)/b22-17+,28-25-. The maximum atomic E-state index is 13.4. The normalized spacial score (nSPS) is 16.0. The molecule has 1 fully saturated rings. The highest BCUT2D eigenvalue weighted by atomic mass is 32.2. The van der Waals surface area contributed by atoms with E-state index >= 15 is 0 Å². The van der Waals surface area contributed by atoms with Gasteiger partial charge in [0.25, 0.3) is 15.9 Å². The van der Waals surface area contributed by atoms with Gasteiger partial charge in [-0.25, -0.2) is 13.4 Å². The molecule has 1 heterocycles. The molecule has 0 bridgehead atoms. The van der Waals surface area contributed by atoms with Crippen molar-refractivity contribution in [3.05, 3.63) is 87.3 Å². The van der Waals surface area contributed by atoms with Gasteiger partial charge in [-0.3, -0.25) is 14.4 Å². The predicted octanol–water partition coefficient (Wildman–Crippen LogP) is 3.64. The zero-order valence-electron chi connectivity index (χ0n) is 22.7. The van der Waals surface area contributed by atoms with Crippen LogP contribution in [0.3, 0.4) is 0 Å². The van der Waals surface area contributed by atoms with Crippen LogP contribution in [0.25, 0.3) is 0 Å². The van der Waals surface area contributed by atoms with E-state index in [0.717, 1.165) is 49.4 Å². The monoisotopic (exact) mass is 539 g/mol. The fraction of sp³-hybridized carbons (Fsp3) is 0.357. The number of amides is 1. The van der Waals surface area contributed by atoms with Crippen LogP contribution in [0.15, 0.2) is 70.0 Å². The average Bonchev–Trinajstić information content (AvgIpc) is 2.88. The first-order chi connectivity index (χ1) is 18.0. The molecule has 2 N–H and O–H groups in total. The van der Waals surface area contributed by atoms with Crippen molar-refractivity contribution in [1.82, 2.24) is 15.1 Å². The highest BCUT2D eigenvalue weighted by molar-refractivity contribution is 7.96. The van der Waals surface area contributed by atoms with Crippen molar-refractivity contribution in [3.63, 3.8) is 0 Å². The molecular weight excluding hydrogens is 502 g/mol. The Morgan fingerprint density at radius 2 is 1.74 bits per heavy atom. The molecule has 2 aromatic rings. The molecule has 0 atom stereocenters. The number of carbonyl (C=O) groups excluding carboxylic acids is 1. The van der Waals surface area contributed by atoms with Crippen molar-refractivity contribution in [2.75, 3.05) is 45.1 Å². The van der Waals surface area contributed by atoms with Crippen molar-refractivity contribution in [3.8, 4) is 0 Å². The number of allylic oxidation sites excluding steroid dienone is 2. The zero-order chi connectivity index (χ0) is 27.9. The summed E-state index contributed by atoms with van der Waals surface area (Å²) in [5.41, 5.74) is 3.84. The highest BCUT2D eigenvalue weighted by Gasteiger charge is 2.24. The van der Waals surface area contributed by atoms with E-state index < -0.39 is 10.0 Å². The number of nitrogens with one attached hydrogen (secondary N) is 2. The van der Waals surface area contributed by atoms with Gasteiger partial charge in [0.2, 0.25) is 5.88 Å². The maximum absolute atomic E-state index is 13.4. The van der Waals surface area contributed by atoms with Crippen LogP contribution < -0.4 is 10.0 Å². The van der Waals surface area contributed by atoms with E-state index in [1.165, 1.54) is 13.2 Å². The number of hydrogen-bond donors (Lipinski definition) is 2. The smallest absolute Gasteiger partial charge is 0.267 e. The summed E-state index contributed by atoms with van der Waals surface area (Å²) in [5, 5.41) is 2.78. The van der Waals surface area contributed by atoms with Gasteiger partial charge in [-0.2, -0.15) is 0 Å². The first-order valence-electron chi connectivity index (χ1n) is 12.4. The average molecular weight is 540 g/mol. The Morgan fingerprint density at radius 1 is 1.11 bits per heavy atom. The van der Waals surface area contributed by atoms with Crippen LogP contribution in [0.5, 0.6) is 0 Å². The summed E-state index contributed by atoms with van der Waals surface area (Å²) in [6, 6.07) is 12.9. The Morgan fingerprint density at radius 3 is 2.34 bits per heavy atom. The Kier molecular flexibility index (Phi) is 9.84. The molecule has 0 unspecified atom stereocenters. The van der Waals surface area contributed by atoms with Gasteiger partial charge in [-0.1, -0.05) is 30.3 Å². The number of hydrogen-bond acceptors (Lipinski definition) is 7. The topological polar surface area (TPSA) is 103 Å². The number of likely N-dealkylation sites (N-methyl/N-ethyl adjacent to an activating group) is 1. The lowest BCUT2D eigenvalue weighted by Gasteiger charge is -2.32. The van der Waals surface area contributed by atoms with E-state index in [1.54, 1.807) is 13.0 Å². The second kappa shape index (κ2) is 12.9. The summed E-state index contributed by atoms with van der Waals surface area (Å²) < 4.78 is 34.6. The van der Waals surface area contributed by atoms with Gasteiger partial charge in [0, 0.05) is 44.0 Å². The van der Waals surface area contributed by atoms with Gasteiger partial charge in [0.05, 0.1) is 12.8 Å². The molecule has 1 aliphatic heterocycles. The number of ether oxygens (including phenoxy) is 1. The van der Waals surface area contributed by atoms with Crippen LogP contribution >= 0.6 is 0 Å². The van der Waals surface area contributed by atoms with Gasteiger partial charge >= 0.3 is 0 Å². The second-order valence-electron chi connectivity index (χ2n) is 9.47. The number of rotatable bonds is 10. The van der Waals surface area contributed by atoms with Crippen LogP contribution in [0.2, 0.25) is 0 Å². The molecule has 1 saturated heterocycles. The molecular formula is C28H37N5O4S. The fourth-order valence-corrected chi connectivity index (χ4v) is 5.63. The summed E-state index contributed by atoms with van der Waals surface area (Å²) in [5.74, 6) is -0.532. The van der Waals surface area contributed by atoms with Crippen molar-refractivity contribution in [1.29, 1.82) is 0 Å². The lowest BCUT2D eigenvalue weighted by molar-refractivity contribution is 0.0965. The van der Waals surface area contributed by atoms with E-state index in [4.69, 9.17) is 4.74 Å². The lowest BCUT2D eigenvalue weighted by atomic mass is 10.1. The number of aliphatic imine (C=N–C) groups is 1. The Hall–Kier alpha value is -3.47. The van der Waals surface area contributed by atoms with E-state index in [2.05, 4.69) is 38.6 Å². The molecule has 1 aliphatic rings. The van der Waals surface area contributed by atoms with Crippen LogP contribution in [0, 0.1) is 13.8 Å². The minimum absolute atomic E-state index is 0.188.